The van der Waals surface area contributed by atoms with Crippen LogP contribution in [-0.2, 0) is 6.42 Å². The molecule has 2 rings (SSSR count). The second kappa shape index (κ2) is 6.05. The van der Waals surface area contributed by atoms with E-state index in [9.17, 15) is 9.90 Å². The lowest BCUT2D eigenvalue weighted by Crippen LogP contribution is -2.14. The van der Waals surface area contributed by atoms with Crippen molar-refractivity contribution in [2.24, 2.45) is 0 Å². The first-order valence-electron chi connectivity index (χ1n) is 6.25. The topological polar surface area (TPSA) is 84.4 Å². The van der Waals surface area contributed by atoms with Crippen LogP contribution in [0.25, 0.3) is 11.4 Å². The number of nitrogens with zero attached hydrogens (tertiary/aromatic N) is 1. The Balaban J connectivity index is 2.62. The second-order valence-electron chi connectivity index (χ2n) is 4.26. The molecule has 0 aliphatic carbocycles. The molecule has 0 unspecified atom stereocenters. The van der Waals surface area contributed by atoms with Gasteiger partial charge in [0.05, 0.1) is 24.8 Å². The van der Waals surface area contributed by atoms with Crippen molar-refractivity contribution < 1.29 is 14.6 Å². The van der Waals surface area contributed by atoms with Crippen LogP contribution in [0.5, 0.6) is 17.4 Å². The zero-order chi connectivity index (χ0) is 15.6. The largest absolute Gasteiger partial charge is 0.493 e. The number of aromatic nitrogens is 2. The molecule has 2 aromatic rings. The van der Waals surface area contributed by atoms with Gasteiger partial charge in [-0.1, -0.05) is 18.5 Å². The van der Waals surface area contributed by atoms with E-state index in [1.807, 2.05) is 0 Å². The van der Waals surface area contributed by atoms with Gasteiger partial charge in [-0.15, -0.1) is 0 Å². The summed E-state index contributed by atoms with van der Waals surface area (Å²) in [6.45, 7) is 1.76. The molecule has 21 heavy (non-hydrogen) atoms. The molecule has 0 aliphatic rings. The second-order valence-corrected chi connectivity index (χ2v) is 4.67. The molecule has 0 amide bonds. The molecule has 2 N–H and O–H groups in total. The summed E-state index contributed by atoms with van der Waals surface area (Å²) in [6, 6.07) is 3.19. The minimum Gasteiger partial charge on any atom is -0.493 e. The SMILES string of the molecule is CCc1c(O)nc(-c2cc(Cl)c(OC)c(OC)c2)[nH]c1=O. The van der Waals surface area contributed by atoms with Gasteiger partial charge in [0.15, 0.2) is 11.5 Å². The molecule has 7 heteroatoms. The van der Waals surface area contributed by atoms with Crippen LogP contribution in [0.1, 0.15) is 12.5 Å². The zero-order valence-electron chi connectivity index (χ0n) is 11.9. The van der Waals surface area contributed by atoms with Gasteiger partial charge in [-0.05, 0) is 18.6 Å². The first kappa shape index (κ1) is 15.2. The minimum absolute atomic E-state index is 0.206. The van der Waals surface area contributed by atoms with Crippen molar-refractivity contribution >= 4 is 11.6 Å². The Hall–Kier alpha value is -2.21. The fourth-order valence-corrected chi connectivity index (χ4v) is 2.28. The van der Waals surface area contributed by atoms with Gasteiger partial charge in [-0.3, -0.25) is 4.79 Å². The molecule has 1 aromatic heterocycles. The maximum Gasteiger partial charge on any atom is 0.258 e. The summed E-state index contributed by atoms with van der Waals surface area (Å²) in [5.74, 6) is 0.709. The number of H-pyrrole nitrogens is 1. The number of aromatic amines is 1. The van der Waals surface area contributed by atoms with Gasteiger partial charge in [-0.2, -0.15) is 4.98 Å². The van der Waals surface area contributed by atoms with Crippen LogP contribution in [0.2, 0.25) is 5.02 Å². The van der Waals surface area contributed by atoms with E-state index in [0.717, 1.165) is 0 Å². The molecule has 1 aromatic carbocycles. The van der Waals surface area contributed by atoms with E-state index in [-0.39, 0.29) is 22.8 Å². The maximum atomic E-state index is 11.9. The van der Waals surface area contributed by atoms with Crippen LogP contribution in [0, 0.1) is 0 Å². The van der Waals surface area contributed by atoms with Crippen LogP contribution in [0.4, 0.5) is 0 Å². The molecule has 0 bridgehead atoms. The van der Waals surface area contributed by atoms with E-state index < -0.39 is 0 Å². The lowest BCUT2D eigenvalue weighted by Gasteiger charge is -2.12. The predicted molar refractivity (Wildman–Crippen MR) is 79.5 cm³/mol. The number of methoxy groups -OCH3 is 2. The predicted octanol–water partition coefficient (Wildman–Crippen LogP) is 2.38. The third-order valence-electron chi connectivity index (χ3n) is 3.05. The van der Waals surface area contributed by atoms with Crippen LogP contribution in [0.3, 0.4) is 0 Å². The van der Waals surface area contributed by atoms with Gasteiger partial charge in [0.25, 0.3) is 5.56 Å². The molecule has 112 valence electrons. The summed E-state index contributed by atoms with van der Waals surface area (Å²) in [5, 5.41) is 10.1. The molecule has 6 nitrogen and oxygen atoms in total. The Kier molecular flexibility index (Phi) is 4.37. The van der Waals surface area contributed by atoms with Crippen molar-refractivity contribution in [1.82, 2.24) is 9.97 Å². The third kappa shape index (κ3) is 2.80. The van der Waals surface area contributed by atoms with E-state index in [1.54, 1.807) is 19.1 Å². The number of benzene rings is 1. The zero-order valence-corrected chi connectivity index (χ0v) is 12.6. The van der Waals surface area contributed by atoms with Crippen molar-refractivity contribution in [3.8, 4) is 28.8 Å². The van der Waals surface area contributed by atoms with Crippen molar-refractivity contribution in [2.75, 3.05) is 14.2 Å². The summed E-state index contributed by atoms with van der Waals surface area (Å²) in [6.07, 6.45) is 0.390. The number of hydrogen-bond acceptors (Lipinski definition) is 5. The lowest BCUT2D eigenvalue weighted by molar-refractivity contribution is 0.355. The quantitative estimate of drug-likeness (QED) is 0.905. The Morgan fingerprint density at radius 3 is 2.57 bits per heavy atom. The summed E-state index contributed by atoms with van der Waals surface area (Å²) in [4.78, 5) is 18.5. The molecular weight excluding hydrogens is 296 g/mol. The summed E-state index contributed by atoms with van der Waals surface area (Å²) >= 11 is 6.11. The van der Waals surface area contributed by atoms with E-state index in [4.69, 9.17) is 21.1 Å². The average molecular weight is 311 g/mol. The number of rotatable bonds is 4. The van der Waals surface area contributed by atoms with Crippen molar-refractivity contribution in [3.05, 3.63) is 33.1 Å². The van der Waals surface area contributed by atoms with Crippen LogP contribution in [0.15, 0.2) is 16.9 Å². The molecule has 0 fully saturated rings. The monoisotopic (exact) mass is 310 g/mol. The van der Waals surface area contributed by atoms with Crippen LogP contribution < -0.4 is 15.0 Å². The highest BCUT2D eigenvalue weighted by molar-refractivity contribution is 6.32. The number of ether oxygens (including phenoxy) is 2. The van der Waals surface area contributed by atoms with E-state index in [1.165, 1.54) is 14.2 Å². The minimum atomic E-state index is -0.383. The van der Waals surface area contributed by atoms with Gasteiger partial charge < -0.3 is 19.6 Å². The number of nitrogens with one attached hydrogen (secondary N) is 1. The number of aromatic hydroxyl groups is 1. The van der Waals surface area contributed by atoms with E-state index >= 15 is 0 Å². The third-order valence-corrected chi connectivity index (χ3v) is 3.33. The maximum absolute atomic E-state index is 11.9. The van der Waals surface area contributed by atoms with Gasteiger partial charge in [-0.25, -0.2) is 0 Å². The molecule has 1 heterocycles. The van der Waals surface area contributed by atoms with Gasteiger partial charge in [0, 0.05) is 5.56 Å². The standard InChI is InChI=1S/C14H15ClN2O4/c1-4-8-13(18)16-12(17-14(8)19)7-5-9(15)11(21-3)10(6-7)20-2/h5-6H,4H2,1-3H3,(H2,16,17,18,19). The Bertz CT molecular complexity index is 728. The molecule has 0 radical (unpaired) electrons. The summed E-state index contributed by atoms with van der Waals surface area (Å²) < 4.78 is 10.3. The highest BCUT2D eigenvalue weighted by Crippen LogP contribution is 2.38. The van der Waals surface area contributed by atoms with E-state index in [0.29, 0.717) is 28.5 Å². The van der Waals surface area contributed by atoms with Crippen molar-refractivity contribution in [3.63, 3.8) is 0 Å². The highest BCUT2D eigenvalue weighted by Gasteiger charge is 2.15. The highest BCUT2D eigenvalue weighted by atomic mass is 35.5. The molecule has 0 aliphatic heterocycles. The fourth-order valence-electron chi connectivity index (χ4n) is 2.00. The molecule has 0 spiro atoms. The first-order valence-corrected chi connectivity index (χ1v) is 6.63. The summed E-state index contributed by atoms with van der Waals surface area (Å²) in [7, 11) is 2.96. The Labute approximate surface area is 126 Å². The average Bonchev–Trinajstić information content (AvgIpc) is 2.45. The van der Waals surface area contributed by atoms with Crippen LogP contribution >= 0.6 is 11.6 Å². The molecule has 0 saturated heterocycles. The van der Waals surface area contributed by atoms with Crippen molar-refractivity contribution in [1.29, 1.82) is 0 Å². The van der Waals surface area contributed by atoms with Crippen molar-refractivity contribution in [2.45, 2.75) is 13.3 Å². The van der Waals surface area contributed by atoms with Gasteiger partial charge >= 0.3 is 0 Å². The summed E-state index contributed by atoms with van der Waals surface area (Å²) in [5.41, 5.74) is 0.365. The lowest BCUT2D eigenvalue weighted by atomic mass is 10.1. The molecular formula is C14H15ClN2O4. The van der Waals surface area contributed by atoms with Crippen LogP contribution in [-0.4, -0.2) is 29.3 Å². The van der Waals surface area contributed by atoms with Gasteiger partial charge in [0.1, 0.15) is 5.82 Å². The van der Waals surface area contributed by atoms with Gasteiger partial charge in [0.2, 0.25) is 5.88 Å². The Morgan fingerprint density at radius 1 is 1.33 bits per heavy atom. The van der Waals surface area contributed by atoms with E-state index in [2.05, 4.69) is 9.97 Å². The molecule has 0 atom stereocenters. The smallest absolute Gasteiger partial charge is 0.258 e. The number of halogens is 1. The first-order chi connectivity index (χ1) is 10.0. The Morgan fingerprint density at radius 2 is 2.05 bits per heavy atom. The molecule has 0 saturated carbocycles. The normalized spacial score (nSPS) is 10.5. The number of hydrogen-bond donors (Lipinski definition) is 2. The fraction of sp³-hybridized carbons (Fsp3) is 0.286.